The first kappa shape index (κ1) is 21.2. The Balaban J connectivity index is 1.32. The van der Waals surface area contributed by atoms with Crippen molar-refractivity contribution in [2.24, 2.45) is 0 Å². The van der Waals surface area contributed by atoms with Crippen LogP contribution in [0, 0.1) is 6.92 Å². The van der Waals surface area contributed by atoms with E-state index in [0.717, 1.165) is 24.2 Å². The maximum atomic E-state index is 12.7. The topological polar surface area (TPSA) is 67.2 Å². The summed E-state index contributed by atoms with van der Waals surface area (Å²) in [6, 6.07) is 16.2. The minimum absolute atomic E-state index is 0.0257. The van der Waals surface area contributed by atoms with Crippen LogP contribution in [0.3, 0.4) is 0 Å². The van der Waals surface area contributed by atoms with Gasteiger partial charge in [-0.2, -0.15) is 0 Å². The fourth-order valence-corrected chi connectivity index (χ4v) is 4.39. The van der Waals surface area contributed by atoms with Crippen LogP contribution in [0.15, 0.2) is 59.7 Å². The molecule has 1 aromatic heterocycles. The van der Waals surface area contributed by atoms with E-state index in [2.05, 4.69) is 39.5 Å². The first-order valence-electron chi connectivity index (χ1n) is 11.1. The minimum Gasteiger partial charge on any atom is -0.354 e. The summed E-state index contributed by atoms with van der Waals surface area (Å²) in [4.78, 5) is 32.1. The van der Waals surface area contributed by atoms with Crippen molar-refractivity contribution in [1.29, 1.82) is 0 Å². The summed E-state index contributed by atoms with van der Waals surface area (Å²) in [6.07, 6.45) is 5.01. The Bertz CT molecular complexity index is 1090. The van der Waals surface area contributed by atoms with E-state index in [4.69, 9.17) is 0 Å². The van der Waals surface area contributed by atoms with Crippen LogP contribution in [0.25, 0.3) is 10.9 Å². The summed E-state index contributed by atoms with van der Waals surface area (Å²) in [6.45, 7) is 5.20. The lowest BCUT2D eigenvalue weighted by molar-refractivity contribution is -0.121. The number of hydrogen-bond acceptors (Lipinski definition) is 4. The SMILES string of the molecule is Cc1cccc2c(=O)n(CCCC(=O)NCC(c3ccccc3)N3CCCC3)cnc12. The van der Waals surface area contributed by atoms with Gasteiger partial charge in [0, 0.05) is 19.5 Å². The molecule has 1 fully saturated rings. The Kier molecular flexibility index (Phi) is 6.77. The largest absolute Gasteiger partial charge is 0.354 e. The molecule has 0 bridgehead atoms. The second-order valence-electron chi connectivity index (χ2n) is 8.29. The Morgan fingerprint density at radius 1 is 1.10 bits per heavy atom. The zero-order chi connectivity index (χ0) is 21.6. The van der Waals surface area contributed by atoms with Gasteiger partial charge in [0.15, 0.2) is 0 Å². The molecule has 1 N–H and O–H groups in total. The number of benzene rings is 2. The summed E-state index contributed by atoms with van der Waals surface area (Å²) < 4.78 is 1.60. The average Bonchev–Trinajstić information content (AvgIpc) is 3.31. The summed E-state index contributed by atoms with van der Waals surface area (Å²) in [5.41, 5.74) is 2.93. The lowest BCUT2D eigenvalue weighted by atomic mass is 10.1. The molecule has 162 valence electrons. The van der Waals surface area contributed by atoms with Gasteiger partial charge in [0.2, 0.25) is 5.91 Å². The van der Waals surface area contributed by atoms with Crippen LogP contribution in [-0.4, -0.2) is 40.0 Å². The van der Waals surface area contributed by atoms with Gasteiger partial charge < -0.3 is 5.32 Å². The van der Waals surface area contributed by atoms with Crippen molar-refractivity contribution in [3.8, 4) is 0 Å². The van der Waals surface area contributed by atoms with E-state index >= 15 is 0 Å². The van der Waals surface area contributed by atoms with E-state index in [0.29, 0.717) is 31.3 Å². The van der Waals surface area contributed by atoms with Crippen LogP contribution < -0.4 is 10.9 Å². The number of fused-ring (bicyclic) bond motifs is 1. The fraction of sp³-hybridized carbons (Fsp3) is 0.400. The van der Waals surface area contributed by atoms with Gasteiger partial charge in [0.1, 0.15) is 0 Å². The molecular weight excluding hydrogens is 388 g/mol. The van der Waals surface area contributed by atoms with E-state index < -0.39 is 0 Å². The highest BCUT2D eigenvalue weighted by atomic mass is 16.1. The number of aromatic nitrogens is 2. The molecule has 0 saturated carbocycles. The van der Waals surface area contributed by atoms with Crippen molar-refractivity contribution in [1.82, 2.24) is 19.8 Å². The second-order valence-corrected chi connectivity index (χ2v) is 8.29. The smallest absolute Gasteiger partial charge is 0.261 e. The summed E-state index contributed by atoms with van der Waals surface area (Å²) in [5.74, 6) is 0.0257. The van der Waals surface area contributed by atoms with Gasteiger partial charge in [-0.1, -0.05) is 42.5 Å². The molecule has 6 heteroatoms. The van der Waals surface area contributed by atoms with Crippen LogP contribution in [-0.2, 0) is 11.3 Å². The van der Waals surface area contributed by atoms with Crippen LogP contribution >= 0.6 is 0 Å². The number of rotatable bonds is 8. The highest BCUT2D eigenvalue weighted by molar-refractivity contribution is 5.80. The second kappa shape index (κ2) is 9.88. The summed E-state index contributed by atoms with van der Waals surface area (Å²) in [5, 5.41) is 3.74. The molecule has 1 aliphatic heterocycles. The number of hydrogen-bond donors (Lipinski definition) is 1. The van der Waals surface area contributed by atoms with Crippen molar-refractivity contribution < 1.29 is 4.79 Å². The molecule has 1 atom stereocenters. The molecule has 1 saturated heterocycles. The Hall–Kier alpha value is -2.99. The third-order valence-corrected chi connectivity index (χ3v) is 6.12. The minimum atomic E-state index is -0.0488. The highest BCUT2D eigenvalue weighted by Crippen LogP contribution is 2.24. The van der Waals surface area contributed by atoms with E-state index in [-0.39, 0.29) is 17.5 Å². The number of carbonyl (C=O) groups excluding carboxylic acids is 1. The van der Waals surface area contributed by atoms with Crippen LogP contribution in [0.4, 0.5) is 0 Å². The van der Waals surface area contributed by atoms with E-state index in [1.807, 2.05) is 31.2 Å². The monoisotopic (exact) mass is 418 g/mol. The van der Waals surface area contributed by atoms with Gasteiger partial charge in [-0.3, -0.25) is 19.1 Å². The maximum absolute atomic E-state index is 12.7. The Labute approximate surface area is 182 Å². The lowest BCUT2D eigenvalue weighted by Crippen LogP contribution is -2.36. The molecule has 1 aliphatic rings. The van der Waals surface area contributed by atoms with E-state index in [1.54, 1.807) is 10.9 Å². The molecule has 0 aliphatic carbocycles. The Morgan fingerprint density at radius 3 is 2.65 bits per heavy atom. The standard InChI is InChI=1S/C25H30N4O2/c1-19-9-7-12-21-24(19)27-18-29(25(21)31)16-8-13-23(30)26-17-22(28-14-5-6-15-28)20-10-3-2-4-11-20/h2-4,7,9-12,18,22H,5-6,8,13-17H2,1H3,(H,26,30). The van der Waals surface area contributed by atoms with Crippen LogP contribution in [0.2, 0.25) is 0 Å². The summed E-state index contributed by atoms with van der Waals surface area (Å²) in [7, 11) is 0. The molecule has 6 nitrogen and oxygen atoms in total. The van der Waals surface area contributed by atoms with Gasteiger partial charge in [0.25, 0.3) is 5.56 Å². The fourth-order valence-electron chi connectivity index (χ4n) is 4.39. The average molecular weight is 419 g/mol. The molecule has 2 aromatic carbocycles. The highest BCUT2D eigenvalue weighted by Gasteiger charge is 2.23. The van der Waals surface area contributed by atoms with Gasteiger partial charge in [-0.15, -0.1) is 0 Å². The number of likely N-dealkylation sites (tertiary alicyclic amines) is 1. The number of para-hydroxylation sites is 1. The van der Waals surface area contributed by atoms with Crippen LogP contribution in [0.5, 0.6) is 0 Å². The first-order valence-corrected chi connectivity index (χ1v) is 11.1. The molecule has 4 rings (SSSR count). The molecule has 0 spiro atoms. The van der Waals surface area contributed by atoms with Gasteiger partial charge >= 0.3 is 0 Å². The predicted octanol–water partition coefficient (Wildman–Crippen LogP) is 3.44. The normalized spacial score (nSPS) is 15.3. The molecule has 1 amide bonds. The predicted molar refractivity (Wildman–Crippen MR) is 123 cm³/mol. The number of amides is 1. The van der Waals surface area contributed by atoms with Crippen molar-refractivity contribution in [2.45, 2.75) is 45.2 Å². The summed E-state index contributed by atoms with van der Waals surface area (Å²) >= 11 is 0. The van der Waals surface area contributed by atoms with E-state index in [9.17, 15) is 9.59 Å². The third kappa shape index (κ3) is 5.02. The van der Waals surface area contributed by atoms with Gasteiger partial charge in [0.05, 0.1) is 23.3 Å². The van der Waals surface area contributed by atoms with Crippen molar-refractivity contribution >= 4 is 16.8 Å². The zero-order valence-corrected chi connectivity index (χ0v) is 18.1. The Morgan fingerprint density at radius 2 is 1.87 bits per heavy atom. The molecule has 3 aromatic rings. The zero-order valence-electron chi connectivity index (χ0n) is 18.1. The number of aryl methyl sites for hydroxylation is 2. The van der Waals surface area contributed by atoms with Crippen molar-refractivity contribution in [3.05, 3.63) is 76.3 Å². The van der Waals surface area contributed by atoms with Crippen molar-refractivity contribution in [2.75, 3.05) is 19.6 Å². The molecular formula is C25H30N4O2. The molecule has 31 heavy (non-hydrogen) atoms. The molecule has 2 heterocycles. The van der Waals surface area contributed by atoms with E-state index in [1.165, 1.54) is 18.4 Å². The first-order chi connectivity index (χ1) is 15.1. The van der Waals surface area contributed by atoms with Crippen LogP contribution in [0.1, 0.15) is 42.9 Å². The molecule has 0 radical (unpaired) electrons. The van der Waals surface area contributed by atoms with Gasteiger partial charge in [-0.25, -0.2) is 4.98 Å². The van der Waals surface area contributed by atoms with Gasteiger partial charge in [-0.05, 0) is 56.5 Å². The van der Waals surface area contributed by atoms with Crippen molar-refractivity contribution in [3.63, 3.8) is 0 Å². The lowest BCUT2D eigenvalue weighted by Gasteiger charge is -2.28. The number of nitrogens with zero attached hydrogens (tertiary/aromatic N) is 3. The quantitative estimate of drug-likeness (QED) is 0.609. The maximum Gasteiger partial charge on any atom is 0.261 e. The third-order valence-electron chi connectivity index (χ3n) is 6.12. The number of nitrogens with one attached hydrogen (secondary N) is 1. The number of carbonyl (C=O) groups is 1. The molecule has 1 unspecified atom stereocenters.